The van der Waals surface area contributed by atoms with Gasteiger partial charge in [-0.2, -0.15) is 0 Å². The number of hydrogen-bond acceptors (Lipinski definition) is 3. The number of anilines is 2. The Morgan fingerprint density at radius 2 is 1.86 bits per heavy atom. The highest BCUT2D eigenvalue weighted by atomic mass is 35.5. The van der Waals surface area contributed by atoms with Crippen molar-refractivity contribution < 1.29 is 0 Å². The molecule has 0 unspecified atom stereocenters. The van der Waals surface area contributed by atoms with E-state index in [1.54, 1.807) is 17.4 Å². The fourth-order valence-corrected chi connectivity index (χ4v) is 3.28. The van der Waals surface area contributed by atoms with Gasteiger partial charge >= 0.3 is 0 Å². The van der Waals surface area contributed by atoms with Crippen molar-refractivity contribution in [2.45, 2.75) is 6.42 Å². The van der Waals surface area contributed by atoms with Gasteiger partial charge < -0.3 is 5.32 Å². The molecule has 2 aromatic carbocycles. The summed E-state index contributed by atoms with van der Waals surface area (Å²) in [6.07, 6.45) is 2.63. The molecule has 0 saturated carbocycles. The molecule has 0 bridgehead atoms. The maximum absolute atomic E-state index is 6.20. The Bertz CT molecular complexity index is 741. The van der Waals surface area contributed by atoms with Gasteiger partial charge in [0.1, 0.15) is 0 Å². The maximum Gasteiger partial charge on any atom is 0.187 e. The largest absolute Gasteiger partial charge is 0.332 e. The lowest BCUT2D eigenvalue weighted by Gasteiger charge is -2.02. The summed E-state index contributed by atoms with van der Waals surface area (Å²) in [7, 11) is 0. The van der Waals surface area contributed by atoms with Gasteiger partial charge in [0.05, 0.1) is 0 Å². The molecule has 106 valence electrons. The monoisotopic (exact) mass is 334 g/mol. The van der Waals surface area contributed by atoms with Crippen LogP contribution >= 0.6 is 34.5 Å². The van der Waals surface area contributed by atoms with Gasteiger partial charge in [-0.15, -0.1) is 11.3 Å². The molecule has 1 N–H and O–H groups in total. The average molecular weight is 335 g/mol. The number of hydrogen-bond donors (Lipinski definition) is 1. The summed E-state index contributed by atoms with van der Waals surface area (Å²) in [5.74, 6) is 0. The van der Waals surface area contributed by atoms with Crippen molar-refractivity contribution in [1.29, 1.82) is 0 Å². The number of rotatable bonds is 4. The molecular formula is C16H12Cl2N2S. The first-order chi connectivity index (χ1) is 10.2. The molecule has 1 aromatic heterocycles. The first kappa shape index (κ1) is 14.4. The number of nitrogens with zero attached hydrogens (tertiary/aromatic N) is 1. The second-order valence-corrected chi connectivity index (χ2v) is 6.49. The standard InChI is InChI=1S/C16H12Cl2N2S/c17-12-7-6-11(15(18)9-12)8-14-10-19-16(21-14)20-13-4-2-1-3-5-13/h1-7,9-10H,8H2,(H,19,20). The molecule has 3 rings (SSSR count). The van der Waals surface area contributed by atoms with E-state index in [1.807, 2.05) is 48.7 Å². The Balaban J connectivity index is 1.73. The molecule has 0 fully saturated rings. The van der Waals surface area contributed by atoms with E-state index in [1.165, 1.54) is 0 Å². The van der Waals surface area contributed by atoms with Gasteiger partial charge in [0.2, 0.25) is 0 Å². The lowest BCUT2D eigenvalue weighted by molar-refractivity contribution is 1.22. The third kappa shape index (κ3) is 3.76. The molecule has 5 heteroatoms. The van der Waals surface area contributed by atoms with Crippen LogP contribution < -0.4 is 5.32 Å². The lowest BCUT2D eigenvalue weighted by Crippen LogP contribution is -1.87. The molecule has 0 aliphatic carbocycles. The van der Waals surface area contributed by atoms with Crippen molar-refractivity contribution in [3.8, 4) is 0 Å². The Kier molecular flexibility index (Phi) is 4.44. The Morgan fingerprint density at radius 1 is 1.05 bits per heavy atom. The molecular weight excluding hydrogens is 323 g/mol. The fourth-order valence-electron chi connectivity index (χ4n) is 1.94. The molecule has 2 nitrogen and oxygen atoms in total. The average Bonchev–Trinajstić information content (AvgIpc) is 2.90. The summed E-state index contributed by atoms with van der Waals surface area (Å²) < 4.78 is 0. The fraction of sp³-hybridized carbons (Fsp3) is 0.0625. The van der Waals surface area contributed by atoms with Gasteiger partial charge in [-0.3, -0.25) is 0 Å². The summed E-state index contributed by atoms with van der Waals surface area (Å²) in [6, 6.07) is 15.6. The number of nitrogens with one attached hydrogen (secondary N) is 1. The number of benzene rings is 2. The van der Waals surface area contributed by atoms with Crippen molar-refractivity contribution in [2.75, 3.05) is 5.32 Å². The zero-order valence-electron chi connectivity index (χ0n) is 11.0. The van der Waals surface area contributed by atoms with Crippen molar-refractivity contribution in [3.63, 3.8) is 0 Å². The van der Waals surface area contributed by atoms with Crippen LogP contribution in [0.4, 0.5) is 10.8 Å². The van der Waals surface area contributed by atoms with Gasteiger partial charge in [0.25, 0.3) is 0 Å². The Labute approximate surface area is 137 Å². The minimum atomic E-state index is 0.652. The lowest BCUT2D eigenvalue weighted by atomic mass is 10.1. The van der Waals surface area contributed by atoms with Crippen molar-refractivity contribution in [1.82, 2.24) is 4.98 Å². The van der Waals surface area contributed by atoms with E-state index in [2.05, 4.69) is 10.3 Å². The highest BCUT2D eigenvalue weighted by Gasteiger charge is 2.07. The number of para-hydroxylation sites is 1. The zero-order valence-corrected chi connectivity index (χ0v) is 13.3. The summed E-state index contributed by atoms with van der Waals surface area (Å²) in [4.78, 5) is 5.54. The van der Waals surface area contributed by atoms with Crippen LogP contribution in [0, 0.1) is 0 Å². The third-order valence-corrected chi connectivity index (χ3v) is 4.46. The number of halogens is 2. The third-order valence-electron chi connectivity index (χ3n) is 2.96. The molecule has 0 saturated heterocycles. The van der Waals surface area contributed by atoms with Crippen LogP contribution in [-0.4, -0.2) is 4.98 Å². The van der Waals surface area contributed by atoms with E-state index in [0.717, 1.165) is 27.7 Å². The highest BCUT2D eigenvalue weighted by molar-refractivity contribution is 7.15. The SMILES string of the molecule is Clc1ccc(Cc2cnc(Nc3ccccc3)s2)c(Cl)c1. The van der Waals surface area contributed by atoms with Crippen LogP contribution in [-0.2, 0) is 6.42 Å². The molecule has 1 heterocycles. The molecule has 0 spiro atoms. The normalized spacial score (nSPS) is 10.6. The van der Waals surface area contributed by atoms with Crippen molar-refractivity contribution in [2.24, 2.45) is 0 Å². The molecule has 0 radical (unpaired) electrons. The summed E-state index contributed by atoms with van der Waals surface area (Å²) in [6.45, 7) is 0. The van der Waals surface area contributed by atoms with Crippen LogP contribution in [0.5, 0.6) is 0 Å². The van der Waals surface area contributed by atoms with Crippen molar-refractivity contribution in [3.05, 3.63) is 75.2 Å². The molecule has 3 aromatic rings. The Hall–Kier alpha value is -1.55. The molecule has 0 atom stereocenters. The summed E-state index contributed by atoms with van der Waals surface area (Å²) in [5.41, 5.74) is 2.08. The number of aromatic nitrogens is 1. The maximum atomic E-state index is 6.20. The van der Waals surface area contributed by atoms with Crippen LogP contribution in [0.25, 0.3) is 0 Å². The Morgan fingerprint density at radius 3 is 2.62 bits per heavy atom. The first-order valence-corrected chi connectivity index (χ1v) is 7.98. The van der Waals surface area contributed by atoms with E-state index >= 15 is 0 Å². The molecule has 0 amide bonds. The molecule has 0 aliphatic heterocycles. The minimum Gasteiger partial charge on any atom is -0.332 e. The van der Waals surface area contributed by atoms with Gasteiger partial charge in [0.15, 0.2) is 5.13 Å². The van der Waals surface area contributed by atoms with E-state index < -0.39 is 0 Å². The molecule has 21 heavy (non-hydrogen) atoms. The quantitative estimate of drug-likeness (QED) is 0.653. The summed E-state index contributed by atoms with van der Waals surface area (Å²) >= 11 is 13.7. The van der Waals surface area contributed by atoms with E-state index in [9.17, 15) is 0 Å². The second kappa shape index (κ2) is 6.48. The van der Waals surface area contributed by atoms with Crippen LogP contribution in [0.1, 0.15) is 10.4 Å². The van der Waals surface area contributed by atoms with E-state index in [0.29, 0.717) is 10.0 Å². The molecule has 0 aliphatic rings. The van der Waals surface area contributed by atoms with Crippen molar-refractivity contribution >= 4 is 45.4 Å². The zero-order chi connectivity index (χ0) is 14.7. The van der Waals surface area contributed by atoms with Crippen LogP contribution in [0.3, 0.4) is 0 Å². The first-order valence-electron chi connectivity index (χ1n) is 6.41. The van der Waals surface area contributed by atoms with Gasteiger partial charge in [0, 0.05) is 33.2 Å². The van der Waals surface area contributed by atoms with E-state index in [4.69, 9.17) is 23.2 Å². The van der Waals surface area contributed by atoms with Crippen LogP contribution in [0.15, 0.2) is 54.7 Å². The predicted molar refractivity (Wildman–Crippen MR) is 91.1 cm³/mol. The number of thiazole rings is 1. The second-order valence-electron chi connectivity index (χ2n) is 4.54. The van der Waals surface area contributed by atoms with Gasteiger partial charge in [-0.25, -0.2) is 4.98 Å². The predicted octanol–water partition coefficient (Wildman–Crippen LogP) is 5.78. The van der Waals surface area contributed by atoms with E-state index in [-0.39, 0.29) is 0 Å². The van der Waals surface area contributed by atoms with Gasteiger partial charge in [-0.05, 0) is 29.8 Å². The summed E-state index contributed by atoms with van der Waals surface area (Å²) in [5, 5.41) is 5.50. The highest BCUT2D eigenvalue weighted by Crippen LogP contribution is 2.28. The topological polar surface area (TPSA) is 24.9 Å². The van der Waals surface area contributed by atoms with Gasteiger partial charge in [-0.1, -0.05) is 47.5 Å². The smallest absolute Gasteiger partial charge is 0.187 e. The minimum absolute atomic E-state index is 0.652. The van der Waals surface area contributed by atoms with Crippen LogP contribution in [0.2, 0.25) is 10.0 Å².